The first-order valence-corrected chi connectivity index (χ1v) is 10.5. The lowest BCUT2D eigenvalue weighted by atomic mass is 10.2. The normalized spacial score (nSPS) is 16.1. The predicted octanol–water partition coefficient (Wildman–Crippen LogP) is 3.58. The fourth-order valence-corrected chi connectivity index (χ4v) is 3.46. The lowest BCUT2D eigenvalue weighted by molar-refractivity contribution is -0.101. The molecule has 31 heavy (non-hydrogen) atoms. The van der Waals surface area contributed by atoms with Crippen molar-refractivity contribution in [3.05, 3.63) is 93.9 Å². The topological polar surface area (TPSA) is 58.9 Å². The molecule has 1 unspecified atom stereocenters. The van der Waals surface area contributed by atoms with Gasteiger partial charge in [-0.1, -0.05) is 42.5 Å². The van der Waals surface area contributed by atoms with Crippen LogP contribution in [0.25, 0.3) is 0 Å². The second kappa shape index (κ2) is 10.3. The van der Waals surface area contributed by atoms with E-state index in [9.17, 15) is 4.79 Å². The summed E-state index contributed by atoms with van der Waals surface area (Å²) in [6, 6.07) is 21.3. The molecule has 1 aliphatic heterocycles. The molecule has 0 aliphatic carbocycles. The third-order valence-corrected chi connectivity index (χ3v) is 5.12. The fourth-order valence-electron chi connectivity index (χ4n) is 3.46. The summed E-state index contributed by atoms with van der Waals surface area (Å²) in [6.45, 7) is 4.94. The molecule has 0 N–H and O–H groups in total. The number of hydrogen-bond donors (Lipinski definition) is 0. The molecule has 0 amide bonds. The van der Waals surface area contributed by atoms with Gasteiger partial charge in [0.15, 0.2) is 0 Å². The number of pyridine rings is 1. The highest BCUT2D eigenvalue weighted by Crippen LogP contribution is 2.18. The summed E-state index contributed by atoms with van der Waals surface area (Å²) in [6.07, 6.45) is -0.102. The molecular formula is C25H27NO5. The van der Waals surface area contributed by atoms with Crippen molar-refractivity contribution < 1.29 is 18.9 Å². The Bertz CT molecular complexity index is 1040. The molecule has 6 nitrogen and oxygen atoms in total. The fraction of sp³-hybridized carbons (Fsp3) is 0.320. The van der Waals surface area contributed by atoms with Gasteiger partial charge in [-0.25, -0.2) is 0 Å². The SMILES string of the molecule is Cc1cc(OCC2COCCO2)cc(=O)n1Cc1cccc(OCc2ccccc2)c1. The Morgan fingerprint density at radius 1 is 0.935 bits per heavy atom. The number of aryl methyl sites for hydroxylation is 1. The number of rotatable bonds is 8. The molecule has 0 spiro atoms. The van der Waals surface area contributed by atoms with Crippen LogP contribution in [0.15, 0.2) is 71.5 Å². The molecule has 0 radical (unpaired) electrons. The van der Waals surface area contributed by atoms with E-state index in [1.807, 2.05) is 67.6 Å². The number of hydrogen-bond acceptors (Lipinski definition) is 5. The molecule has 1 aromatic heterocycles. The van der Waals surface area contributed by atoms with Gasteiger partial charge in [0.2, 0.25) is 0 Å². The van der Waals surface area contributed by atoms with E-state index in [0.29, 0.717) is 45.3 Å². The zero-order chi connectivity index (χ0) is 21.5. The highest BCUT2D eigenvalue weighted by atomic mass is 16.6. The summed E-state index contributed by atoms with van der Waals surface area (Å²) in [5.74, 6) is 1.33. The van der Waals surface area contributed by atoms with Gasteiger partial charge in [0.05, 0.1) is 26.4 Å². The Morgan fingerprint density at radius 2 is 1.77 bits per heavy atom. The maximum Gasteiger partial charge on any atom is 0.254 e. The van der Waals surface area contributed by atoms with Crippen LogP contribution >= 0.6 is 0 Å². The van der Waals surface area contributed by atoms with E-state index in [1.54, 1.807) is 4.57 Å². The van der Waals surface area contributed by atoms with Gasteiger partial charge in [0.25, 0.3) is 5.56 Å². The van der Waals surface area contributed by atoms with Crippen molar-refractivity contribution in [1.82, 2.24) is 4.57 Å². The first kappa shape index (κ1) is 21.2. The van der Waals surface area contributed by atoms with E-state index in [4.69, 9.17) is 18.9 Å². The second-order valence-corrected chi connectivity index (χ2v) is 7.56. The summed E-state index contributed by atoms with van der Waals surface area (Å²) < 4.78 is 24.4. The predicted molar refractivity (Wildman–Crippen MR) is 118 cm³/mol. The summed E-state index contributed by atoms with van der Waals surface area (Å²) in [5.41, 5.74) is 2.84. The second-order valence-electron chi connectivity index (χ2n) is 7.56. The molecule has 0 bridgehead atoms. The molecule has 1 saturated heterocycles. The average Bonchev–Trinajstić information content (AvgIpc) is 2.80. The van der Waals surface area contributed by atoms with Crippen LogP contribution in [0.1, 0.15) is 16.8 Å². The van der Waals surface area contributed by atoms with Crippen molar-refractivity contribution in [1.29, 1.82) is 0 Å². The van der Waals surface area contributed by atoms with Crippen LogP contribution in [0.2, 0.25) is 0 Å². The minimum Gasteiger partial charge on any atom is -0.491 e. The van der Waals surface area contributed by atoms with Gasteiger partial charge in [0, 0.05) is 11.8 Å². The summed E-state index contributed by atoms with van der Waals surface area (Å²) in [7, 11) is 0. The smallest absolute Gasteiger partial charge is 0.254 e. The lowest BCUT2D eigenvalue weighted by Gasteiger charge is -2.23. The summed E-state index contributed by atoms with van der Waals surface area (Å²) >= 11 is 0. The number of ether oxygens (including phenoxy) is 4. The third-order valence-electron chi connectivity index (χ3n) is 5.12. The molecule has 1 aliphatic rings. The van der Waals surface area contributed by atoms with Crippen LogP contribution < -0.4 is 15.0 Å². The van der Waals surface area contributed by atoms with Crippen LogP contribution in [-0.4, -0.2) is 37.1 Å². The average molecular weight is 421 g/mol. The highest BCUT2D eigenvalue weighted by Gasteiger charge is 2.15. The van der Waals surface area contributed by atoms with Crippen molar-refractivity contribution >= 4 is 0 Å². The van der Waals surface area contributed by atoms with Gasteiger partial charge in [-0.2, -0.15) is 0 Å². The van der Waals surface area contributed by atoms with Crippen LogP contribution in [0.3, 0.4) is 0 Å². The number of aromatic nitrogens is 1. The van der Waals surface area contributed by atoms with Crippen molar-refractivity contribution in [3.63, 3.8) is 0 Å². The minimum absolute atomic E-state index is 0.102. The third kappa shape index (κ3) is 5.96. The number of benzene rings is 2. The van der Waals surface area contributed by atoms with E-state index in [1.165, 1.54) is 6.07 Å². The molecule has 1 fully saturated rings. The van der Waals surface area contributed by atoms with Gasteiger partial charge < -0.3 is 23.5 Å². The first-order chi connectivity index (χ1) is 15.2. The summed E-state index contributed by atoms with van der Waals surface area (Å²) in [4.78, 5) is 12.7. The molecule has 2 heterocycles. The molecule has 6 heteroatoms. The Hall–Kier alpha value is -3.09. The maximum atomic E-state index is 12.7. The maximum absolute atomic E-state index is 12.7. The minimum atomic E-state index is -0.105. The van der Waals surface area contributed by atoms with Gasteiger partial charge >= 0.3 is 0 Å². The van der Waals surface area contributed by atoms with E-state index in [-0.39, 0.29) is 11.7 Å². The molecule has 162 valence electrons. The Kier molecular flexibility index (Phi) is 7.02. The van der Waals surface area contributed by atoms with E-state index in [2.05, 4.69) is 0 Å². The Labute approximate surface area is 182 Å². The van der Waals surface area contributed by atoms with Crippen LogP contribution in [0, 0.1) is 6.92 Å². The van der Waals surface area contributed by atoms with Crippen LogP contribution in [-0.2, 0) is 22.6 Å². The van der Waals surface area contributed by atoms with Gasteiger partial charge in [-0.05, 0) is 36.2 Å². The van der Waals surface area contributed by atoms with Crippen molar-refractivity contribution in [2.24, 2.45) is 0 Å². The molecule has 0 saturated carbocycles. The van der Waals surface area contributed by atoms with E-state index >= 15 is 0 Å². The van der Waals surface area contributed by atoms with Crippen molar-refractivity contribution in [2.75, 3.05) is 26.4 Å². The van der Waals surface area contributed by atoms with Crippen molar-refractivity contribution in [2.45, 2.75) is 26.2 Å². The van der Waals surface area contributed by atoms with Crippen LogP contribution in [0.4, 0.5) is 0 Å². The quantitative estimate of drug-likeness (QED) is 0.557. The molecule has 2 aromatic carbocycles. The van der Waals surface area contributed by atoms with Crippen LogP contribution in [0.5, 0.6) is 11.5 Å². The van der Waals surface area contributed by atoms with Gasteiger partial charge in [-0.15, -0.1) is 0 Å². The molecular weight excluding hydrogens is 394 g/mol. The van der Waals surface area contributed by atoms with E-state index in [0.717, 1.165) is 22.6 Å². The number of nitrogens with zero attached hydrogens (tertiary/aromatic N) is 1. The van der Waals surface area contributed by atoms with E-state index < -0.39 is 0 Å². The van der Waals surface area contributed by atoms with Crippen molar-refractivity contribution in [3.8, 4) is 11.5 Å². The molecule has 1 atom stereocenters. The highest BCUT2D eigenvalue weighted by molar-refractivity contribution is 5.30. The van der Waals surface area contributed by atoms with Gasteiger partial charge in [-0.3, -0.25) is 4.79 Å². The Balaban J connectivity index is 1.39. The largest absolute Gasteiger partial charge is 0.491 e. The monoisotopic (exact) mass is 421 g/mol. The summed E-state index contributed by atoms with van der Waals surface area (Å²) in [5, 5.41) is 0. The lowest BCUT2D eigenvalue weighted by Crippen LogP contribution is -2.33. The standard InChI is InChI=1S/C25H27NO5/c1-19-12-23(31-18-24-17-28-10-11-29-24)14-25(27)26(19)15-21-8-5-9-22(13-21)30-16-20-6-3-2-4-7-20/h2-9,12-14,24H,10-11,15-18H2,1H3. The van der Waals surface area contributed by atoms with Gasteiger partial charge in [0.1, 0.15) is 30.8 Å². The Morgan fingerprint density at radius 3 is 2.55 bits per heavy atom. The molecule has 3 aromatic rings. The molecule has 4 rings (SSSR count). The zero-order valence-electron chi connectivity index (χ0n) is 17.7. The zero-order valence-corrected chi connectivity index (χ0v) is 17.7. The first-order valence-electron chi connectivity index (χ1n) is 10.5.